The number of rotatable bonds is 2. The van der Waals surface area contributed by atoms with E-state index in [1.54, 1.807) is 6.33 Å². The zero-order valence-electron chi connectivity index (χ0n) is 10.9. The van der Waals surface area contributed by atoms with E-state index in [0.29, 0.717) is 0 Å². The Labute approximate surface area is 124 Å². The second-order valence-corrected chi connectivity index (χ2v) is 8.02. The van der Waals surface area contributed by atoms with Crippen LogP contribution in [0.4, 0.5) is 0 Å². The van der Waals surface area contributed by atoms with E-state index in [-0.39, 0.29) is 5.56 Å². The van der Waals surface area contributed by atoms with Crippen LogP contribution in [0, 0.1) is 11.8 Å². The molecule has 19 heavy (non-hydrogen) atoms. The number of halogens is 1. The fourth-order valence-corrected chi connectivity index (χ4v) is 4.39. The number of nitrogens with zero attached hydrogens (tertiary/aromatic N) is 2. The Morgan fingerprint density at radius 3 is 2.89 bits per heavy atom. The molecule has 1 fully saturated rings. The van der Waals surface area contributed by atoms with Crippen molar-refractivity contribution >= 4 is 37.5 Å². The summed E-state index contributed by atoms with van der Waals surface area (Å²) < 4.78 is 3.91. The van der Waals surface area contributed by atoms with E-state index in [1.807, 2.05) is 6.07 Å². The van der Waals surface area contributed by atoms with Gasteiger partial charge in [0.2, 0.25) is 0 Å². The molecule has 0 spiro atoms. The molecule has 2 aromatic rings. The summed E-state index contributed by atoms with van der Waals surface area (Å²) in [4.78, 5) is 15.7. The van der Waals surface area contributed by atoms with Gasteiger partial charge in [0.15, 0.2) is 0 Å². The highest BCUT2D eigenvalue weighted by Gasteiger charge is 2.19. The Bertz CT molecular complexity index is 640. The quantitative estimate of drug-likeness (QED) is 0.826. The molecule has 0 aromatic carbocycles. The second kappa shape index (κ2) is 5.37. The van der Waals surface area contributed by atoms with E-state index in [1.165, 1.54) is 37.0 Å². The van der Waals surface area contributed by atoms with Gasteiger partial charge >= 0.3 is 0 Å². The first-order valence-electron chi connectivity index (χ1n) is 6.78. The third-order valence-electron chi connectivity index (χ3n) is 4.09. The summed E-state index contributed by atoms with van der Waals surface area (Å²) >= 11 is 4.94. The Morgan fingerprint density at radius 2 is 2.16 bits per heavy atom. The molecule has 0 atom stereocenters. The van der Waals surface area contributed by atoms with Crippen LogP contribution < -0.4 is 5.56 Å². The van der Waals surface area contributed by atoms with Crippen molar-refractivity contribution in [1.29, 1.82) is 0 Å². The SMILES string of the molecule is CC1CCC(Cn2cnc(=O)c3sc(Br)cc32)CC1. The molecular weight excluding hydrogens is 324 g/mol. The maximum Gasteiger partial charge on any atom is 0.290 e. The summed E-state index contributed by atoms with van der Waals surface area (Å²) in [6, 6.07) is 2.04. The maximum atomic E-state index is 11.7. The Balaban J connectivity index is 1.89. The molecule has 1 saturated carbocycles. The summed E-state index contributed by atoms with van der Waals surface area (Å²) in [6.07, 6.45) is 6.95. The summed E-state index contributed by atoms with van der Waals surface area (Å²) in [5.74, 6) is 1.60. The minimum absolute atomic E-state index is 0.112. The first-order valence-corrected chi connectivity index (χ1v) is 8.39. The number of fused-ring (bicyclic) bond motifs is 1. The predicted molar refractivity (Wildman–Crippen MR) is 82.7 cm³/mol. The number of thiophene rings is 1. The van der Waals surface area contributed by atoms with Crippen molar-refractivity contribution in [1.82, 2.24) is 9.55 Å². The maximum absolute atomic E-state index is 11.7. The second-order valence-electron chi connectivity index (χ2n) is 5.59. The molecule has 1 aliphatic carbocycles. The zero-order valence-corrected chi connectivity index (χ0v) is 13.3. The van der Waals surface area contributed by atoms with Crippen molar-refractivity contribution < 1.29 is 0 Å². The van der Waals surface area contributed by atoms with Gasteiger partial charge in [-0.1, -0.05) is 19.8 Å². The van der Waals surface area contributed by atoms with Gasteiger partial charge in [-0.25, -0.2) is 0 Å². The van der Waals surface area contributed by atoms with Crippen LogP contribution in [0.3, 0.4) is 0 Å². The standard InChI is InChI=1S/C14H17BrN2OS/c1-9-2-4-10(5-3-9)7-17-8-16-14(18)13-11(17)6-12(15)19-13/h6,8-10H,2-5,7H2,1H3. The van der Waals surface area contributed by atoms with E-state index >= 15 is 0 Å². The molecule has 0 saturated heterocycles. The largest absolute Gasteiger partial charge is 0.331 e. The number of aromatic nitrogens is 2. The molecule has 0 radical (unpaired) electrons. The third-order valence-corrected chi connectivity index (χ3v) is 5.71. The van der Waals surface area contributed by atoms with Gasteiger partial charge in [0, 0.05) is 6.54 Å². The summed E-state index contributed by atoms with van der Waals surface area (Å²) in [6.45, 7) is 3.32. The molecule has 3 rings (SSSR count). The van der Waals surface area contributed by atoms with Gasteiger partial charge in [-0.3, -0.25) is 4.79 Å². The average Bonchev–Trinajstić information content (AvgIpc) is 2.78. The molecule has 2 heterocycles. The molecule has 0 unspecified atom stereocenters. The molecule has 5 heteroatoms. The topological polar surface area (TPSA) is 34.9 Å². The highest BCUT2D eigenvalue weighted by atomic mass is 79.9. The van der Waals surface area contributed by atoms with Crippen LogP contribution in [0.1, 0.15) is 32.6 Å². The first-order chi connectivity index (χ1) is 9.13. The van der Waals surface area contributed by atoms with Gasteiger partial charge in [0.1, 0.15) is 4.70 Å². The first kappa shape index (κ1) is 13.3. The molecule has 3 nitrogen and oxygen atoms in total. The fourth-order valence-electron chi connectivity index (χ4n) is 2.90. The van der Waals surface area contributed by atoms with Crippen LogP contribution in [0.2, 0.25) is 0 Å². The van der Waals surface area contributed by atoms with E-state index < -0.39 is 0 Å². The van der Waals surface area contributed by atoms with Crippen LogP contribution in [0.5, 0.6) is 0 Å². The van der Waals surface area contributed by atoms with Gasteiger partial charge in [0.05, 0.1) is 15.6 Å². The summed E-state index contributed by atoms with van der Waals surface area (Å²) in [5, 5.41) is 0. The molecule has 1 aliphatic rings. The molecule has 102 valence electrons. The van der Waals surface area contributed by atoms with Gasteiger partial charge in [0.25, 0.3) is 5.56 Å². The molecule has 2 aromatic heterocycles. The van der Waals surface area contributed by atoms with Crippen molar-refractivity contribution in [3.05, 3.63) is 26.5 Å². The third kappa shape index (κ3) is 2.77. The summed E-state index contributed by atoms with van der Waals surface area (Å²) in [5.41, 5.74) is 0.912. The molecule has 0 amide bonds. The lowest BCUT2D eigenvalue weighted by molar-refractivity contribution is 0.266. The van der Waals surface area contributed by atoms with Gasteiger partial charge in [-0.05, 0) is 46.7 Å². The highest BCUT2D eigenvalue weighted by molar-refractivity contribution is 9.11. The average molecular weight is 341 g/mol. The van der Waals surface area contributed by atoms with Gasteiger partial charge in [-0.15, -0.1) is 11.3 Å². The smallest absolute Gasteiger partial charge is 0.290 e. The van der Waals surface area contributed by atoms with E-state index in [2.05, 4.69) is 32.4 Å². The minimum Gasteiger partial charge on any atom is -0.331 e. The Kier molecular flexibility index (Phi) is 3.76. The fraction of sp³-hybridized carbons (Fsp3) is 0.571. The Hall–Kier alpha value is -0.680. The van der Waals surface area contributed by atoms with Crippen molar-refractivity contribution in [3.63, 3.8) is 0 Å². The van der Waals surface area contributed by atoms with Crippen molar-refractivity contribution in [3.8, 4) is 0 Å². The normalized spacial score (nSPS) is 23.9. The van der Waals surface area contributed by atoms with Crippen LogP contribution >= 0.6 is 27.3 Å². The molecule has 0 aliphatic heterocycles. The highest BCUT2D eigenvalue weighted by Crippen LogP contribution is 2.31. The van der Waals surface area contributed by atoms with Gasteiger partial charge < -0.3 is 4.57 Å². The molecular formula is C14H17BrN2OS. The summed E-state index contributed by atoms with van der Waals surface area (Å²) in [7, 11) is 0. The van der Waals surface area contributed by atoms with E-state index in [9.17, 15) is 4.79 Å². The van der Waals surface area contributed by atoms with Crippen molar-refractivity contribution in [2.45, 2.75) is 39.2 Å². The van der Waals surface area contributed by atoms with E-state index in [0.717, 1.165) is 32.4 Å². The zero-order chi connectivity index (χ0) is 13.4. The molecule has 0 bridgehead atoms. The minimum atomic E-state index is -0.112. The number of hydrogen-bond donors (Lipinski definition) is 0. The predicted octanol–water partition coefficient (Wildman–Crippen LogP) is 4.05. The van der Waals surface area contributed by atoms with Crippen LogP contribution in [-0.2, 0) is 6.54 Å². The van der Waals surface area contributed by atoms with Crippen molar-refractivity contribution in [2.24, 2.45) is 11.8 Å². The van der Waals surface area contributed by atoms with E-state index in [4.69, 9.17) is 0 Å². The van der Waals surface area contributed by atoms with Crippen molar-refractivity contribution in [2.75, 3.05) is 0 Å². The molecule has 0 N–H and O–H groups in total. The lowest BCUT2D eigenvalue weighted by Gasteiger charge is -2.26. The van der Waals surface area contributed by atoms with Gasteiger partial charge in [-0.2, -0.15) is 4.98 Å². The number of hydrogen-bond acceptors (Lipinski definition) is 3. The van der Waals surface area contributed by atoms with Crippen LogP contribution in [0.25, 0.3) is 10.2 Å². The van der Waals surface area contributed by atoms with Crippen LogP contribution in [0.15, 0.2) is 21.0 Å². The van der Waals surface area contributed by atoms with Crippen LogP contribution in [-0.4, -0.2) is 9.55 Å². The monoisotopic (exact) mass is 340 g/mol. The lowest BCUT2D eigenvalue weighted by Crippen LogP contribution is -2.19. The lowest BCUT2D eigenvalue weighted by atomic mass is 9.83. The Morgan fingerprint density at radius 1 is 1.42 bits per heavy atom.